The molecular weight excluding hydrogens is 292 g/mol. The lowest BCUT2D eigenvalue weighted by Crippen LogP contribution is -2.28. The second-order valence-corrected chi connectivity index (χ2v) is 5.71. The third kappa shape index (κ3) is 5.88. The summed E-state index contributed by atoms with van der Waals surface area (Å²) in [6, 6.07) is 9.81. The number of aliphatic hydroxyl groups is 1. The van der Waals surface area contributed by atoms with Crippen molar-refractivity contribution in [1.29, 1.82) is 0 Å². The van der Waals surface area contributed by atoms with E-state index in [1.807, 2.05) is 49.4 Å². The molecule has 0 aliphatic heterocycles. The Labute approximate surface area is 137 Å². The topological polar surface area (TPSA) is 67.5 Å². The molecule has 2 N–H and O–H groups in total. The highest BCUT2D eigenvalue weighted by Gasteiger charge is 2.08. The number of ether oxygens (including phenoxy) is 1. The minimum Gasteiger partial charge on any atom is -0.464 e. The Morgan fingerprint density at radius 2 is 2.09 bits per heavy atom. The van der Waals surface area contributed by atoms with Crippen LogP contribution in [0.15, 0.2) is 34.9 Å². The minimum absolute atomic E-state index is 0.391. The molecule has 1 atom stereocenters. The fourth-order valence-corrected chi connectivity index (χ4v) is 2.06. The van der Waals surface area contributed by atoms with E-state index in [0.29, 0.717) is 30.5 Å². The zero-order valence-corrected chi connectivity index (χ0v) is 13.8. The number of nitrogens with one attached hydrogen (secondary N) is 1. The molecule has 2 rings (SSSR count). The first-order valence-electron chi connectivity index (χ1n) is 7.83. The normalized spacial score (nSPS) is 12.9. The van der Waals surface area contributed by atoms with Crippen molar-refractivity contribution in [3.05, 3.63) is 47.3 Å². The van der Waals surface area contributed by atoms with E-state index < -0.39 is 6.29 Å². The van der Waals surface area contributed by atoms with E-state index in [0.717, 1.165) is 11.3 Å². The Morgan fingerprint density at radius 3 is 2.78 bits per heavy atom. The first kappa shape index (κ1) is 17.2. The molecule has 5 nitrogen and oxygen atoms in total. The van der Waals surface area contributed by atoms with E-state index in [4.69, 9.17) is 9.26 Å². The Hall–Kier alpha value is -2.11. The second kappa shape index (κ2) is 8.50. The number of benzene rings is 1. The van der Waals surface area contributed by atoms with Gasteiger partial charge in [-0.15, -0.1) is 0 Å². The molecule has 0 fully saturated rings. The predicted molar refractivity (Wildman–Crippen MR) is 91.0 cm³/mol. The van der Waals surface area contributed by atoms with Crippen LogP contribution in [0.4, 0.5) is 0 Å². The van der Waals surface area contributed by atoms with Gasteiger partial charge in [-0.3, -0.25) is 0 Å². The predicted octanol–water partition coefficient (Wildman–Crippen LogP) is 3.24. The first-order valence-corrected chi connectivity index (χ1v) is 7.83. The Balaban J connectivity index is 1.98. The van der Waals surface area contributed by atoms with Gasteiger partial charge in [0.1, 0.15) is 5.75 Å². The van der Waals surface area contributed by atoms with Crippen molar-refractivity contribution >= 4 is 12.2 Å². The van der Waals surface area contributed by atoms with Crippen LogP contribution in [-0.4, -0.2) is 29.1 Å². The Morgan fingerprint density at radius 1 is 1.30 bits per heavy atom. The molecule has 0 saturated carbocycles. The lowest BCUT2D eigenvalue weighted by atomic mass is 10.1. The summed E-state index contributed by atoms with van der Waals surface area (Å²) >= 11 is 0. The number of aliphatic hydroxyl groups excluding tert-OH is 1. The highest BCUT2D eigenvalue weighted by atomic mass is 16.6. The molecule has 2 aromatic rings. The number of hydrogen-bond donors (Lipinski definition) is 2. The van der Waals surface area contributed by atoms with Gasteiger partial charge in [-0.2, -0.15) is 0 Å². The van der Waals surface area contributed by atoms with E-state index in [9.17, 15) is 5.11 Å². The Bertz CT molecular complexity index is 635. The average Bonchev–Trinajstić information content (AvgIpc) is 2.91. The molecule has 5 heteroatoms. The van der Waals surface area contributed by atoms with Gasteiger partial charge in [0.25, 0.3) is 0 Å². The van der Waals surface area contributed by atoms with Crippen molar-refractivity contribution in [3.8, 4) is 5.75 Å². The third-order valence-corrected chi connectivity index (χ3v) is 3.20. The van der Waals surface area contributed by atoms with Gasteiger partial charge in [-0.25, -0.2) is 0 Å². The van der Waals surface area contributed by atoms with Crippen molar-refractivity contribution in [3.63, 3.8) is 0 Å². The SMILES string of the molecule is Cc1cc(/C=C/c2ccccc2OC(O)CCNC(C)C)on1. The van der Waals surface area contributed by atoms with Crippen LogP contribution < -0.4 is 10.1 Å². The maximum Gasteiger partial charge on any atom is 0.198 e. The summed E-state index contributed by atoms with van der Waals surface area (Å²) < 4.78 is 10.8. The van der Waals surface area contributed by atoms with Gasteiger partial charge < -0.3 is 19.7 Å². The van der Waals surface area contributed by atoms with Crippen molar-refractivity contribution in [2.45, 2.75) is 39.5 Å². The van der Waals surface area contributed by atoms with Gasteiger partial charge in [0, 0.05) is 30.6 Å². The quantitative estimate of drug-likeness (QED) is 0.732. The lowest BCUT2D eigenvalue weighted by molar-refractivity contribution is -0.0227. The lowest BCUT2D eigenvalue weighted by Gasteiger charge is -2.16. The third-order valence-electron chi connectivity index (χ3n) is 3.20. The van der Waals surface area contributed by atoms with Crippen molar-refractivity contribution in [2.75, 3.05) is 6.54 Å². The van der Waals surface area contributed by atoms with E-state index in [1.165, 1.54) is 0 Å². The van der Waals surface area contributed by atoms with Gasteiger partial charge in [0.15, 0.2) is 12.1 Å². The standard InChI is InChI=1S/C18H24N2O3/c1-13(2)19-11-10-18(21)22-17-7-5-4-6-15(17)8-9-16-12-14(3)20-23-16/h4-9,12-13,18-19,21H,10-11H2,1-3H3/b9-8+. The van der Waals surface area contributed by atoms with Gasteiger partial charge >= 0.3 is 0 Å². The van der Waals surface area contributed by atoms with Gasteiger partial charge in [0.05, 0.1) is 5.69 Å². The number of para-hydroxylation sites is 1. The maximum atomic E-state index is 10.0. The van der Waals surface area contributed by atoms with Gasteiger partial charge in [-0.1, -0.05) is 37.2 Å². The van der Waals surface area contributed by atoms with Crippen molar-refractivity contribution in [1.82, 2.24) is 10.5 Å². The van der Waals surface area contributed by atoms with Crippen molar-refractivity contribution < 1.29 is 14.4 Å². The molecule has 1 unspecified atom stereocenters. The van der Waals surface area contributed by atoms with Crippen LogP contribution in [0.1, 0.15) is 37.3 Å². The van der Waals surface area contributed by atoms with Crippen molar-refractivity contribution in [2.24, 2.45) is 0 Å². The average molecular weight is 316 g/mol. The van der Waals surface area contributed by atoms with E-state index in [-0.39, 0.29) is 0 Å². The molecule has 124 valence electrons. The molecule has 1 aromatic heterocycles. The summed E-state index contributed by atoms with van der Waals surface area (Å²) in [5, 5.41) is 17.1. The minimum atomic E-state index is -0.844. The van der Waals surface area contributed by atoms with Crippen LogP contribution in [0.25, 0.3) is 12.2 Å². The molecule has 1 heterocycles. The molecule has 0 radical (unpaired) electrons. The van der Waals surface area contributed by atoms with Gasteiger partial charge in [0.2, 0.25) is 0 Å². The van der Waals surface area contributed by atoms with Crippen LogP contribution in [0, 0.1) is 6.92 Å². The molecule has 0 saturated heterocycles. The molecule has 0 amide bonds. The molecule has 0 aliphatic rings. The van der Waals surface area contributed by atoms with Crippen LogP contribution >= 0.6 is 0 Å². The number of nitrogens with zero attached hydrogens (tertiary/aromatic N) is 1. The summed E-state index contributed by atoms with van der Waals surface area (Å²) in [7, 11) is 0. The molecule has 0 spiro atoms. The highest BCUT2D eigenvalue weighted by molar-refractivity contribution is 5.70. The summed E-state index contributed by atoms with van der Waals surface area (Å²) in [6.45, 7) is 6.71. The van der Waals surface area contributed by atoms with E-state index in [2.05, 4.69) is 24.3 Å². The summed E-state index contributed by atoms with van der Waals surface area (Å²) in [4.78, 5) is 0. The molecule has 1 aromatic carbocycles. The zero-order valence-electron chi connectivity index (χ0n) is 13.8. The van der Waals surface area contributed by atoms with Gasteiger partial charge in [-0.05, 0) is 25.1 Å². The molecule has 0 bridgehead atoms. The Kier molecular flexibility index (Phi) is 6.38. The summed E-state index contributed by atoms with van der Waals surface area (Å²) in [6.07, 6.45) is 3.39. The van der Waals surface area contributed by atoms with E-state index in [1.54, 1.807) is 0 Å². The monoisotopic (exact) mass is 316 g/mol. The molecular formula is C18H24N2O3. The van der Waals surface area contributed by atoms with Crippen LogP contribution in [0.3, 0.4) is 0 Å². The molecule has 0 aliphatic carbocycles. The molecule has 23 heavy (non-hydrogen) atoms. The van der Waals surface area contributed by atoms with E-state index >= 15 is 0 Å². The maximum absolute atomic E-state index is 10.0. The largest absolute Gasteiger partial charge is 0.464 e. The highest BCUT2D eigenvalue weighted by Crippen LogP contribution is 2.22. The summed E-state index contributed by atoms with van der Waals surface area (Å²) in [5.41, 5.74) is 1.71. The first-order chi connectivity index (χ1) is 11.0. The fraction of sp³-hybridized carbons (Fsp3) is 0.389. The van der Waals surface area contributed by atoms with Crippen LogP contribution in [0.2, 0.25) is 0 Å². The van der Waals surface area contributed by atoms with Crippen LogP contribution in [0.5, 0.6) is 5.75 Å². The second-order valence-electron chi connectivity index (χ2n) is 5.71. The zero-order chi connectivity index (χ0) is 16.7. The number of rotatable bonds is 8. The number of aromatic nitrogens is 1. The smallest absolute Gasteiger partial charge is 0.198 e. The number of hydrogen-bond acceptors (Lipinski definition) is 5. The van der Waals surface area contributed by atoms with Crippen LogP contribution in [-0.2, 0) is 0 Å². The number of aryl methyl sites for hydroxylation is 1. The fourth-order valence-electron chi connectivity index (χ4n) is 2.06. The summed E-state index contributed by atoms with van der Waals surface area (Å²) in [5.74, 6) is 1.32.